The van der Waals surface area contributed by atoms with Gasteiger partial charge in [0.2, 0.25) is 0 Å². The van der Waals surface area contributed by atoms with Crippen LogP contribution in [0.2, 0.25) is 0 Å². The van der Waals surface area contributed by atoms with E-state index in [0.717, 1.165) is 23.7 Å². The second kappa shape index (κ2) is 5.72. The first-order valence-electron chi connectivity index (χ1n) is 7.49. The van der Waals surface area contributed by atoms with Gasteiger partial charge in [-0.15, -0.1) is 0 Å². The summed E-state index contributed by atoms with van der Waals surface area (Å²) in [6, 6.07) is 7.92. The molecule has 1 aromatic carbocycles. The Hall–Kier alpha value is -2.10. The minimum atomic E-state index is -0.0586. The molecule has 0 unspecified atom stereocenters. The zero-order valence-corrected chi connectivity index (χ0v) is 12.6. The summed E-state index contributed by atoms with van der Waals surface area (Å²) in [4.78, 5) is 12.2. The highest BCUT2D eigenvalue weighted by molar-refractivity contribution is 5.39. The number of anilines is 1. The van der Waals surface area contributed by atoms with Gasteiger partial charge in [0.25, 0.3) is 5.56 Å². The van der Waals surface area contributed by atoms with Crippen LogP contribution in [0.4, 0.5) is 5.69 Å². The molecular formula is C17H21N3O. The van der Waals surface area contributed by atoms with Crippen molar-refractivity contribution in [2.75, 3.05) is 11.9 Å². The number of aromatic nitrogens is 2. The second-order valence-electron chi connectivity index (χ2n) is 5.99. The van der Waals surface area contributed by atoms with E-state index in [9.17, 15) is 4.79 Å². The number of hydrogen-bond donors (Lipinski definition) is 1. The Balaban J connectivity index is 1.75. The average Bonchev–Trinajstić information content (AvgIpc) is 3.27. The number of nitrogens with one attached hydrogen (secondary N) is 1. The van der Waals surface area contributed by atoms with E-state index in [0.29, 0.717) is 6.54 Å². The molecule has 110 valence electrons. The Kier molecular flexibility index (Phi) is 3.78. The fourth-order valence-corrected chi connectivity index (χ4v) is 2.37. The predicted molar refractivity (Wildman–Crippen MR) is 84.7 cm³/mol. The van der Waals surface area contributed by atoms with Crippen molar-refractivity contribution in [2.24, 2.45) is 5.92 Å². The highest BCUT2D eigenvalue weighted by Gasteiger charge is 2.20. The van der Waals surface area contributed by atoms with Crippen molar-refractivity contribution in [1.82, 2.24) is 9.78 Å². The standard InChI is InChI=1S/C17H21N3O/c1-12-3-4-13(2)15(7-12)11-20-17(21)8-16(10-19-20)18-9-14-5-6-14/h3-4,7-8,10,14,18H,5-6,9,11H2,1-2H3. The van der Waals surface area contributed by atoms with Gasteiger partial charge in [-0.05, 0) is 43.7 Å². The number of aryl methyl sites for hydroxylation is 2. The van der Waals surface area contributed by atoms with Crippen LogP contribution >= 0.6 is 0 Å². The van der Waals surface area contributed by atoms with E-state index in [4.69, 9.17) is 0 Å². The van der Waals surface area contributed by atoms with Gasteiger partial charge in [0, 0.05) is 12.6 Å². The molecule has 1 N–H and O–H groups in total. The van der Waals surface area contributed by atoms with Crippen molar-refractivity contribution in [3.8, 4) is 0 Å². The summed E-state index contributed by atoms with van der Waals surface area (Å²) in [7, 11) is 0. The minimum absolute atomic E-state index is 0.0586. The maximum atomic E-state index is 12.2. The molecule has 0 amide bonds. The van der Waals surface area contributed by atoms with Crippen LogP contribution in [0.3, 0.4) is 0 Å². The molecule has 3 rings (SSSR count). The smallest absolute Gasteiger partial charge is 0.269 e. The van der Waals surface area contributed by atoms with Crippen molar-refractivity contribution in [1.29, 1.82) is 0 Å². The van der Waals surface area contributed by atoms with Gasteiger partial charge in [0.1, 0.15) is 0 Å². The number of nitrogens with zero attached hydrogens (tertiary/aromatic N) is 2. The maximum absolute atomic E-state index is 12.2. The molecule has 2 aromatic rings. The molecule has 1 fully saturated rings. The van der Waals surface area contributed by atoms with Crippen molar-refractivity contribution in [3.05, 3.63) is 57.5 Å². The van der Waals surface area contributed by atoms with E-state index in [1.165, 1.54) is 28.7 Å². The number of benzene rings is 1. The van der Waals surface area contributed by atoms with E-state index in [2.05, 4.69) is 42.5 Å². The van der Waals surface area contributed by atoms with E-state index in [1.54, 1.807) is 12.3 Å². The van der Waals surface area contributed by atoms with Crippen LogP contribution in [-0.4, -0.2) is 16.3 Å². The van der Waals surface area contributed by atoms with Gasteiger partial charge < -0.3 is 5.32 Å². The summed E-state index contributed by atoms with van der Waals surface area (Å²) in [5.41, 5.74) is 4.29. The summed E-state index contributed by atoms with van der Waals surface area (Å²) in [5.74, 6) is 0.780. The van der Waals surface area contributed by atoms with Gasteiger partial charge in [0.05, 0.1) is 18.4 Å². The van der Waals surface area contributed by atoms with E-state index >= 15 is 0 Å². The van der Waals surface area contributed by atoms with Gasteiger partial charge in [0.15, 0.2) is 0 Å². The van der Waals surface area contributed by atoms with E-state index < -0.39 is 0 Å². The number of hydrogen-bond acceptors (Lipinski definition) is 3. The van der Waals surface area contributed by atoms with E-state index in [-0.39, 0.29) is 5.56 Å². The SMILES string of the molecule is Cc1ccc(C)c(Cn2ncc(NCC3CC3)cc2=O)c1. The van der Waals surface area contributed by atoms with Crippen LogP contribution < -0.4 is 10.9 Å². The molecule has 1 aliphatic carbocycles. The molecule has 1 aliphatic rings. The Bertz CT molecular complexity index is 701. The Morgan fingerprint density at radius 1 is 1.29 bits per heavy atom. The minimum Gasteiger partial charge on any atom is -0.383 e. The average molecular weight is 283 g/mol. The van der Waals surface area contributed by atoms with Gasteiger partial charge in [-0.25, -0.2) is 4.68 Å². The molecule has 1 heterocycles. The fourth-order valence-electron chi connectivity index (χ4n) is 2.37. The molecule has 0 bridgehead atoms. The molecule has 1 aromatic heterocycles. The van der Waals surface area contributed by atoms with Gasteiger partial charge in [-0.3, -0.25) is 4.79 Å². The Morgan fingerprint density at radius 3 is 2.81 bits per heavy atom. The lowest BCUT2D eigenvalue weighted by molar-refractivity contribution is 0.637. The molecule has 0 spiro atoms. The lowest BCUT2D eigenvalue weighted by atomic mass is 10.1. The van der Waals surface area contributed by atoms with Gasteiger partial charge >= 0.3 is 0 Å². The third-order valence-corrected chi connectivity index (χ3v) is 3.99. The maximum Gasteiger partial charge on any atom is 0.269 e. The Labute approximate surface area is 124 Å². The first-order chi connectivity index (χ1) is 10.1. The van der Waals surface area contributed by atoms with Crippen LogP contribution in [0.15, 0.2) is 35.3 Å². The molecule has 4 nitrogen and oxygen atoms in total. The molecular weight excluding hydrogens is 262 g/mol. The molecule has 4 heteroatoms. The van der Waals surface area contributed by atoms with Crippen LogP contribution in [0.25, 0.3) is 0 Å². The van der Waals surface area contributed by atoms with Crippen LogP contribution in [0, 0.1) is 19.8 Å². The lowest BCUT2D eigenvalue weighted by Crippen LogP contribution is -2.23. The topological polar surface area (TPSA) is 46.9 Å². The van der Waals surface area contributed by atoms with Crippen LogP contribution in [0.1, 0.15) is 29.5 Å². The zero-order chi connectivity index (χ0) is 14.8. The van der Waals surface area contributed by atoms with Crippen molar-refractivity contribution in [2.45, 2.75) is 33.2 Å². The third kappa shape index (κ3) is 3.51. The monoisotopic (exact) mass is 283 g/mol. The zero-order valence-electron chi connectivity index (χ0n) is 12.6. The first kappa shape index (κ1) is 13.9. The molecule has 0 atom stereocenters. The molecule has 0 saturated heterocycles. The quantitative estimate of drug-likeness (QED) is 0.918. The van der Waals surface area contributed by atoms with Gasteiger partial charge in [-0.2, -0.15) is 5.10 Å². The van der Waals surface area contributed by atoms with Gasteiger partial charge in [-0.1, -0.05) is 23.8 Å². The molecule has 21 heavy (non-hydrogen) atoms. The summed E-state index contributed by atoms with van der Waals surface area (Å²) >= 11 is 0. The predicted octanol–water partition coefficient (Wildman–Crippen LogP) is 2.73. The molecule has 0 radical (unpaired) electrons. The summed E-state index contributed by atoms with van der Waals surface area (Å²) < 4.78 is 1.52. The lowest BCUT2D eigenvalue weighted by Gasteiger charge is -2.10. The highest BCUT2D eigenvalue weighted by Crippen LogP contribution is 2.28. The summed E-state index contributed by atoms with van der Waals surface area (Å²) in [6.45, 7) is 5.59. The summed E-state index contributed by atoms with van der Waals surface area (Å²) in [6.07, 6.45) is 4.34. The third-order valence-electron chi connectivity index (χ3n) is 3.99. The van der Waals surface area contributed by atoms with Crippen LogP contribution in [-0.2, 0) is 6.54 Å². The molecule has 0 aliphatic heterocycles. The van der Waals surface area contributed by atoms with Crippen molar-refractivity contribution >= 4 is 5.69 Å². The largest absolute Gasteiger partial charge is 0.383 e. The Morgan fingerprint density at radius 2 is 2.10 bits per heavy atom. The van der Waals surface area contributed by atoms with Crippen LogP contribution in [0.5, 0.6) is 0 Å². The number of rotatable bonds is 5. The highest BCUT2D eigenvalue weighted by atomic mass is 16.1. The molecule has 1 saturated carbocycles. The van der Waals surface area contributed by atoms with E-state index in [1.807, 2.05) is 0 Å². The first-order valence-corrected chi connectivity index (χ1v) is 7.49. The second-order valence-corrected chi connectivity index (χ2v) is 5.99. The van der Waals surface area contributed by atoms with Crippen molar-refractivity contribution in [3.63, 3.8) is 0 Å². The summed E-state index contributed by atoms with van der Waals surface area (Å²) in [5, 5.41) is 7.57. The van der Waals surface area contributed by atoms with Crippen molar-refractivity contribution < 1.29 is 0 Å². The fraction of sp³-hybridized carbons (Fsp3) is 0.412. The normalized spacial score (nSPS) is 14.2.